The Morgan fingerprint density at radius 1 is 1.35 bits per heavy atom. The van der Waals surface area contributed by atoms with Gasteiger partial charge in [0.2, 0.25) is 0 Å². The third-order valence-electron chi connectivity index (χ3n) is 3.63. The number of alkyl halides is 3. The van der Waals surface area contributed by atoms with Gasteiger partial charge in [0.15, 0.2) is 0 Å². The molecule has 0 spiro atoms. The van der Waals surface area contributed by atoms with E-state index in [4.69, 9.17) is 0 Å². The maximum atomic E-state index is 12.9. The first kappa shape index (κ1) is 15.6. The minimum absolute atomic E-state index is 0.224. The second-order valence-corrected chi connectivity index (χ2v) is 6.14. The summed E-state index contributed by atoms with van der Waals surface area (Å²) in [6.07, 6.45) is -3.42. The van der Waals surface area contributed by atoms with Crippen molar-refractivity contribution in [2.24, 2.45) is 0 Å². The van der Waals surface area contributed by atoms with E-state index in [1.807, 2.05) is 6.92 Å². The lowest BCUT2D eigenvalue weighted by molar-refractivity contribution is -0.137. The SMILES string of the molecule is CCC1CNC(C)CN1c1cc(Br)cc(C(F)(F)F)c1. The van der Waals surface area contributed by atoms with Gasteiger partial charge in [-0.2, -0.15) is 13.2 Å². The molecular formula is C14H18BrF3N2. The summed E-state index contributed by atoms with van der Waals surface area (Å²) in [5.74, 6) is 0. The van der Waals surface area contributed by atoms with Gasteiger partial charge in [0.05, 0.1) is 5.56 Å². The zero-order valence-corrected chi connectivity index (χ0v) is 13.1. The summed E-state index contributed by atoms with van der Waals surface area (Å²) in [7, 11) is 0. The number of nitrogens with zero attached hydrogens (tertiary/aromatic N) is 1. The Morgan fingerprint density at radius 3 is 2.65 bits per heavy atom. The number of nitrogens with one attached hydrogen (secondary N) is 1. The molecular weight excluding hydrogens is 333 g/mol. The van der Waals surface area contributed by atoms with Crippen LogP contribution in [0, 0.1) is 0 Å². The van der Waals surface area contributed by atoms with Gasteiger partial charge >= 0.3 is 6.18 Å². The molecule has 1 aromatic carbocycles. The van der Waals surface area contributed by atoms with Crippen molar-refractivity contribution in [3.63, 3.8) is 0 Å². The van der Waals surface area contributed by atoms with E-state index in [2.05, 4.69) is 33.1 Å². The number of piperazine rings is 1. The normalized spacial score (nSPS) is 24.0. The van der Waals surface area contributed by atoms with Crippen molar-refractivity contribution in [1.82, 2.24) is 5.32 Å². The predicted molar refractivity (Wildman–Crippen MR) is 78.0 cm³/mol. The Morgan fingerprint density at radius 2 is 2.05 bits per heavy atom. The Balaban J connectivity index is 2.37. The summed E-state index contributed by atoms with van der Waals surface area (Å²) in [5.41, 5.74) is 0.0230. The third kappa shape index (κ3) is 3.47. The highest BCUT2D eigenvalue weighted by Crippen LogP contribution is 2.35. The highest BCUT2D eigenvalue weighted by atomic mass is 79.9. The first-order valence-electron chi connectivity index (χ1n) is 6.69. The second kappa shape index (κ2) is 5.93. The van der Waals surface area contributed by atoms with Crippen LogP contribution < -0.4 is 10.2 Å². The lowest BCUT2D eigenvalue weighted by Gasteiger charge is -2.41. The quantitative estimate of drug-likeness (QED) is 0.865. The second-order valence-electron chi connectivity index (χ2n) is 5.22. The molecule has 0 saturated carbocycles. The average molecular weight is 351 g/mol. The summed E-state index contributed by atoms with van der Waals surface area (Å²) in [6, 6.07) is 4.62. The van der Waals surface area contributed by atoms with E-state index in [0.29, 0.717) is 16.7 Å². The molecule has 2 unspecified atom stereocenters. The van der Waals surface area contributed by atoms with Crippen LogP contribution in [0.3, 0.4) is 0 Å². The first-order chi connectivity index (χ1) is 9.31. The van der Waals surface area contributed by atoms with E-state index in [-0.39, 0.29) is 12.1 Å². The van der Waals surface area contributed by atoms with Crippen molar-refractivity contribution < 1.29 is 13.2 Å². The average Bonchev–Trinajstić information content (AvgIpc) is 2.37. The molecule has 0 radical (unpaired) electrons. The maximum absolute atomic E-state index is 12.9. The summed E-state index contributed by atoms with van der Waals surface area (Å²) >= 11 is 3.19. The molecule has 1 heterocycles. The number of benzene rings is 1. The summed E-state index contributed by atoms with van der Waals surface area (Å²) in [4.78, 5) is 2.07. The standard InChI is InChI=1S/C14H18BrF3N2/c1-3-12-7-19-9(2)8-20(12)13-5-10(14(16,17)18)4-11(15)6-13/h4-6,9,12,19H,3,7-8H2,1-2H3. The van der Waals surface area contributed by atoms with Crippen LogP contribution in [0.2, 0.25) is 0 Å². The number of anilines is 1. The molecule has 1 aliphatic heterocycles. The van der Waals surface area contributed by atoms with E-state index >= 15 is 0 Å². The van der Waals surface area contributed by atoms with Gasteiger partial charge in [-0.15, -0.1) is 0 Å². The summed E-state index contributed by atoms with van der Waals surface area (Å²) in [6.45, 7) is 5.61. The molecule has 6 heteroatoms. The van der Waals surface area contributed by atoms with Crippen LogP contribution >= 0.6 is 15.9 Å². The van der Waals surface area contributed by atoms with Gasteiger partial charge < -0.3 is 10.2 Å². The van der Waals surface area contributed by atoms with Crippen molar-refractivity contribution in [2.45, 2.75) is 38.5 Å². The van der Waals surface area contributed by atoms with Crippen LogP contribution in [-0.4, -0.2) is 25.2 Å². The van der Waals surface area contributed by atoms with Crippen LogP contribution in [0.4, 0.5) is 18.9 Å². The van der Waals surface area contributed by atoms with Gasteiger partial charge in [-0.3, -0.25) is 0 Å². The van der Waals surface area contributed by atoms with Crippen molar-refractivity contribution in [3.8, 4) is 0 Å². The fraction of sp³-hybridized carbons (Fsp3) is 0.571. The molecule has 2 nitrogen and oxygen atoms in total. The predicted octanol–water partition coefficient (Wildman–Crippen LogP) is 4.04. The van der Waals surface area contributed by atoms with Crippen LogP contribution in [0.5, 0.6) is 0 Å². The minimum atomic E-state index is -4.32. The van der Waals surface area contributed by atoms with E-state index < -0.39 is 11.7 Å². The topological polar surface area (TPSA) is 15.3 Å². The van der Waals surface area contributed by atoms with Gasteiger partial charge in [0, 0.05) is 35.3 Å². The number of rotatable bonds is 2. The molecule has 0 aliphatic carbocycles. The molecule has 0 amide bonds. The van der Waals surface area contributed by atoms with Crippen molar-refractivity contribution in [1.29, 1.82) is 0 Å². The van der Waals surface area contributed by atoms with E-state index in [9.17, 15) is 13.2 Å². The maximum Gasteiger partial charge on any atom is 0.416 e. The van der Waals surface area contributed by atoms with Crippen LogP contribution in [0.15, 0.2) is 22.7 Å². The van der Waals surface area contributed by atoms with Gasteiger partial charge in [0.1, 0.15) is 0 Å². The molecule has 2 atom stereocenters. The molecule has 0 aromatic heterocycles. The van der Waals surface area contributed by atoms with Crippen LogP contribution in [0.1, 0.15) is 25.8 Å². The Bertz CT molecular complexity index is 476. The smallest absolute Gasteiger partial charge is 0.366 e. The summed E-state index contributed by atoms with van der Waals surface area (Å²) in [5, 5.41) is 3.37. The van der Waals surface area contributed by atoms with Crippen molar-refractivity contribution in [3.05, 3.63) is 28.2 Å². The summed E-state index contributed by atoms with van der Waals surface area (Å²) < 4.78 is 39.2. The fourth-order valence-corrected chi connectivity index (χ4v) is 3.02. The van der Waals surface area contributed by atoms with Crippen LogP contribution in [0.25, 0.3) is 0 Å². The Hall–Kier alpha value is -0.750. The van der Waals surface area contributed by atoms with Crippen molar-refractivity contribution >= 4 is 21.6 Å². The molecule has 112 valence electrons. The first-order valence-corrected chi connectivity index (χ1v) is 7.48. The van der Waals surface area contributed by atoms with Gasteiger partial charge in [-0.25, -0.2) is 0 Å². The lowest BCUT2D eigenvalue weighted by atomic mass is 10.1. The van der Waals surface area contributed by atoms with Crippen LogP contribution in [-0.2, 0) is 6.18 Å². The molecule has 1 N–H and O–H groups in total. The molecule has 1 saturated heterocycles. The zero-order chi connectivity index (χ0) is 14.9. The Labute approximate surface area is 125 Å². The van der Waals surface area contributed by atoms with Crippen molar-refractivity contribution in [2.75, 3.05) is 18.0 Å². The molecule has 1 fully saturated rings. The third-order valence-corrected chi connectivity index (χ3v) is 4.08. The molecule has 1 aliphatic rings. The van der Waals surface area contributed by atoms with Gasteiger partial charge in [0.25, 0.3) is 0 Å². The molecule has 2 rings (SSSR count). The number of hydrogen-bond donors (Lipinski definition) is 1. The minimum Gasteiger partial charge on any atom is -0.366 e. The van der Waals surface area contributed by atoms with Gasteiger partial charge in [-0.1, -0.05) is 22.9 Å². The molecule has 0 bridgehead atoms. The number of halogens is 4. The van der Waals surface area contributed by atoms with E-state index in [1.165, 1.54) is 6.07 Å². The zero-order valence-electron chi connectivity index (χ0n) is 11.5. The Kier molecular flexibility index (Phi) is 4.64. The number of hydrogen-bond acceptors (Lipinski definition) is 2. The van der Waals surface area contributed by atoms with E-state index in [0.717, 1.165) is 19.0 Å². The van der Waals surface area contributed by atoms with E-state index in [1.54, 1.807) is 6.07 Å². The highest BCUT2D eigenvalue weighted by Gasteiger charge is 2.33. The molecule has 20 heavy (non-hydrogen) atoms. The van der Waals surface area contributed by atoms with Gasteiger partial charge in [-0.05, 0) is 31.5 Å². The monoisotopic (exact) mass is 350 g/mol. The molecule has 1 aromatic rings. The lowest BCUT2D eigenvalue weighted by Crippen LogP contribution is -2.55. The highest BCUT2D eigenvalue weighted by molar-refractivity contribution is 9.10. The largest absolute Gasteiger partial charge is 0.416 e. The fourth-order valence-electron chi connectivity index (χ4n) is 2.54.